The fraction of sp³-hybridized carbons (Fsp3) is 0.300. The van der Waals surface area contributed by atoms with Gasteiger partial charge in [0, 0.05) is 12.7 Å². The van der Waals surface area contributed by atoms with Gasteiger partial charge in [0.05, 0.1) is 10.6 Å². The Morgan fingerprint density at radius 2 is 1.87 bits per heavy atom. The van der Waals surface area contributed by atoms with Crippen molar-refractivity contribution >= 4 is 15.5 Å². The van der Waals surface area contributed by atoms with E-state index in [9.17, 15) is 8.42 Å². The zero-order valence-corrected chi connectivity index (χ0v) is 9.45. The van der Waals surface area contributed by atoms with E-state index in [-0.39, 0.29) is 0 Å². The predicted octanol–water partition coefficient (Wildman–Crippen LogP) is 1.48. The standard InChI is InChI=1S/C10H13NO3S/c1-8(11-12)7-9-3-5-10(6-4-9)15(2,13)14/h3-6,12H,7H2,1-2H3. The van der Waals surface area contributed by atoms with Crippen molar-refractivity contribution in [2.24, 2.45) is 5.16 Å². The Labute approximate surface area is 89.2 Å². The van der Waals surface area contributed by atoms with Crippen LogP contribution in [0, 0.1) is 0 Å². The van der Waals surface area contributed by atoms with Gasteiger partial charge in [-0.25, -0.2) is 8.42 Å². The quantitative estimate of drug-likeness (QED) is 0.483. The van der Waals surface area contributed by atoms with Crippen LogP contribution in [0.1, 0.15) is 12.5 Å². The molecule has 0 fully saturated rings. The molecule has 0 heterocycles. The van der Waals surface area contributed by atoms with E-state index in [1.165, 1.54) is 6.26 Å². The maximum absolute atomic E-state index is 11.2. The summed E-state index contributed by atoms with van der Waals surface area (Å²) in [5.41, 5.74) is 1.50. The largest absolute Gasteiger partial charge is 0.411 e. The van der Waals surface area contributed by atoms with E-state index >= 15 is 0 Å². The topological polar surface area (TPSA) is 66.7 Å². The van der Waals surface area contributed by atoms with Crippen molar-refractivity contribution in [1.82, 2.24) is 0 Å². The third-order valence-electron chi connectivity index (χ3n) is 1.98. The molecular weight excluding hydrogens is 214 g/mol. The van der Waals surface area contributed by atoms with Crippen LogP contribution in [0.25, 0.3) is 0 Å². The van der Waals surface area contributed by atoms with E-state index in [0.717, 1.165) is 5.56 Å². The van der Waals surface area contributed by atoms with E-state index in [1.54, 1.807) is 31.2 Å². The summed E-state index contributed by atoms with van der Waals surface area (Å²) >= 11 is 0. The Bertz CT molecular complexity index is 460. The summed E-state index contributed by atoms with van der Waals surface area (Å²) in [6, 6.07) is 6.53. The third-order valence-corrected chi connectivity index (χ3v) is 3.11. The van der Waals surface area contributed by atoms with Gasteiger partial charge in [-0.2, -0.15) is 0 Å². The molecule has 0 unspecified atom stereocenters. The smallest absolute Gasteiger partial charge is 0.175 e. The highest BCUT2D eigenvalue weighted by Crippen LogP contribution is 2.10. The minimum absolute atomic E-state index is 0.296. The van der Waals surface area contributed by atoms with Gasteiger partial charge < -0.3 is 5.21 Å². The number of oxime groups is 1. The Balaban J connectivity index is 2.91. The average Bonchev–Trinajstić information content (AvgIpc) is 2.17. The normalized spacial score (nSPS) is 12.8. The molecule has 5 heteroatoms. The van der Waals surface area contributed by atoms with E-state index in [0.29, 0.717) is 17.0 Å². The molecule has 0 aliphatic rings. The van der Waals surface area contributed by atoms with Crippen LogP contribution in [0.15, 0.2) is 34.3 Å². The fourth-order valence-electron chi connectivity index (χ4n) is 1.19. The van der Waals surface area contributed by atoms with E-state index < -0.39 is 9.84 Å². The van der Waals surface area contributed by atoms with Crippen LogP contribution in [0.3, 0.4) is 0 Å². The molecule has 0 aliphatic carbocycles. The lowest BCUT2D eigenvalue weighted by Gasteiger charge is -2.01. The first-order chi connectivity index (χ1) is 6.93. The lowest BCUT2D eigenvalue weighted by molar-refractivity contribution is 0.317. The summed E-state index contributed by atoms with van der Waals surface area (Å²) in [6.45, 7) is 1.70. The summed E-state index contributed by atoms with van der Waals surface area (Å²) in [7, 11) is -3.13. The Morgan fingerprint density at radius 3 is 2.27 bits per heavy atom. The number of hydrogen-bond acceptors (Lipinski definition) is 4. The molecule has 4 nitrogen and oxygen atoms in total. The van der Waals surface area contributed by atoms with Crippen LogP contribution >= 0.6 is 0 Å². The summed E-state index contributed by atoms with van der Waals surface area (Å²) in [5.74, 6) is 0. The Hall–Kier alpha value is -1.36. The lowest BCUT2D eigenvalue weighted by Crippen LogP contribution is -2.00. The third kappa shape index (κ3) is 3.36. The molecule has 0 aliphatic heterocycles. The van der Waals surface area contributed by atoms with Gasteiger partial charge in [0.15, 0.2) is 9.84 Å². The first kappa shape index (κ1) is 11.7. The van der Waals surface area contributed by atoms with Gasteiger partial charge in [-0.05, 0) is 24.6 Å². The van der Waals surface area contributed by atoms with Crippen LogP contribution in [-0.2, 0) is 16.3 Å². The second-order valence-electron chi connectivity index (χ2n) is 3.43. The van der Waals surface area contributed by atoms with E-state index in [4.69, 9.17) is 5.21 Å². The second kappa shape index (κ2) is 4.44. The van der Waals surface area contributed by atoms with E-state index in [2.05, 4.69) is 5.16 Å². The molecule has 1 N–H and O–H groups in total. The number of sulfone groups is 1. The average molecular weight is 227 g/mol. The summed E-state index contributed by atoms with van der Waals surface area (Å²) in [5, 5.41) is 11.5. The zero-order valence-electron chi connectivity index (χ0n) is 8.64. The number of benzene rings is 1. The zero-order chi connectivity index (χ0) is 11.5. The number of rotatable bonds is 3. The molecule has 0 atom stereocenters. The monoisotopic (exact) mass is 227 g/mol. The molecule has 0 radical (unpaired) electrons. The van der Waals surface area contributed by atoms with Crippen LogP contribution in [0.2, 0.25) is 0 Å². The van der Waals surface area contributed by atoms with Crippen molar-refractivity contribution < 1.29 is 13.6 Å². The van der Waals surface area contributed by atoms with Gasteiger partial charge in [0.1, 0.15) is 0 Å². The van der Waals surface area contributed by atoms with Gasteiger partial charge >= 0.3 is 0 Å². The minimum Gasteiger partial charge on any atom is -0.411 e. The predicted molar refractivity (Wildman–Crippen MR) is 58.2 cm³/mol. The highest BCUT2D eigenvalue weighted by molar-refractivity contribution is 7.90. The van der Waals surface area contributed by atoms with Crippen LogP contribution in [-0.4, -0.2) is 25.6 Å². The molecule has 82 valence electrons. The molecule has 15 heavy (non-hydrogen) atoms. The van der Waals surface area contributed by atoms with Crippen molar-refractivity contribution in [2.45, 2.75) is 18.2 Å². The lowest BCUT2D eigenvalue weighted by atomic mass is 10.1. The van der Waals surface area contributed by atoms with Crippen LogP contribution in [0.5, 0.6) is 0 Å². The molecule has 1 rings (SSSR count). The SMILES string of the molecule is CC(Cc1ccc(S(C)(=O)=O)cc1)=NO. The minimum atomic E-state index is -3.13. The van der Waals surface area contributed by atoms with Gasteiger partial charge in [-0.3, -0.25) is 0 Å². The first-order valence-corrected chi connectivity index (χ1v) is 6.29. The highest BCUT2D eigenvalue weighted by atomic mass is 32.2. The maximum atomic E-state index is 11.2. The molecule has 0 amide bonds. The van der Waals surface area contributed by atoms with Crippen molar-refractivity contribution in [3.05, 3.63) is 29.8 Å². The maximum Gasteiger partial charge on any atom is 0.175 e. The van der Waals surface area contributed by atoms with Crippen molar-refractivity contribution in [3.63, 3.8) is 0 Å². The summed E-state index contributed by atoms with van der Waals surface area (Å²) in [4.78, 5) is 0.296. The fourth-order valence-corrected chi connectivity index (χ4v) is 1.82. The van der Waals surface area contributed by atoms with Gasteiger partial charge in [0.2, 0.25) is 0 Å². The number of hydrogen-bond donors (Lipinski definition) is 1. The molecule has 0 saturated carbocycles. The van der Waals surface area contributed by atoms with E-state index in [1.807, 2.05) is 0 Å². The van der Waals surface area contributed by atoms with Crippen LogP contribution in [0.4, 0.5) is 0 Å². The van der Waals surface area contributed by atoms with Crippen LogP contribution < -0.4 is 0 Å². The van der Waals surface area contributed by atoms with Crippen molar-refractivity contribution in [3.8, 4) is 0 Å². The molecule has 1 aromatic carbocycles. The number of nitrogens with zero attached hydrogens (tertiary/aromatic N) is 1. The molecule has 0 aromatic heterocycles. The Kier molecular flexibility index (Phi) is 3.47. The second-order valence-corrected chi connectivity index (χ2v) is 5.44. The van der Waals surface area contributed by atoms with Gasteiger partial charge in [-0.1, -0.05) is 17.3 Å². The molecule has 1 aromatic rings. The summed E-state index contributed by atoms with van der Waals surface area (Å²) < 4.78 is 22.3. The highest BCUT2D eigenvalue weighted by Gasteiger charge is 2.06. The molecule has 0 spiro atoms. The van der Waals surface area contributed by atoms with Crippen molar-refractivity contribution in [2.75, 3.05) is 6.26 Å². The van der Waals surface area contributed by atoms with Crippen molar-refractivity contribution in [1.29, 1.82) is 0 Å². The molecule has 0 saturated heterocycles. The first-order valence-electron chi connectivity index (χ1n) is 4.40. The molecule has 0 bridgehead atoms. The van der Waals surface area contributed by atoms with Gasteiger partial charge in [0.25, 0.3) is 0 Å². The Morgan fingerprint density at radius 1 is 1.33 bits per heavy atom. The molecular formula is C10H13NO3S. The van der Waals surface area contributed by atoms with Gasteiger partial charge in [-0.15, -0.1) is 0 Å². The summed E-state index contributed by atoms with van der Waals surface area (Å²) in [6.07, 6.45) is 1.68.